The molecule has 20 heavy (non-hydrogen) atoms. The minimum Gasteiger partial charge on any atom is -0.313 e. The van der Waals surface area contributed by atoms with Crippen LogP contribution in [0.2, 0.25) is 0 Å². The second-order valence-corrected chi connectivity index (χ2v) is 5.27. The Balaban J connectivity index is 2.36. The van der Waals surface area contributed by atoms with Crippen molar-refractivity contribution < 1.29 is 13.2 Å². The Morgan fingerprint density at radius 3 is 2.50 bits per heavy atom. The van der Waals surface area contributed by atoms with E-state index in [9.17, 15) is 13.2 Å². The van der Waals surface area contributed by atoms with Gasteiger partial charge in [-0.15, -0.1) is 0 Å². The first-order chi connectivity index (χ1) is 9.52. The van der Waals surface area contributed by atoms with E-state index in [4.69, 9.17) is 0 Å². The molecule has 0 aliphatic heterocycles. The van der Waals surface area contributed by atoms with Crippen LogP contribution in [0.5, 0.6) is 0 Å². The maximum atomic E-state index is 13.9. The van der Waals surface area contributed by atoms with Gasteiger partial charge in [0.15, 0.2) is 0 Å². The highest BCUT2D eigenvalue weighted by Gasteiger charge is 2.19. The fourth-order valence-corrected chi connectivity index (χ4v) is 2.73. The molecule has 0 fully saturated rings. The highest BCUT2D eigenvalue weighted by atomic mass is 79.9. The van der Waals surface area contributed by atoms with Gasteiger partial charge < -0.3 is 5.32 Å². The van der Waals surface area contributed by atoms with E-state index in [1.165, 1.54) is 6.07 Å². The molecule has 0 amide bonds. The zero-order valence-corrected chi connectivity index (χ0v) is 12.3. The minimum atomic E-state index is -0.510. The van der Waals surface area contributed by atoms with Crippen molar-refractivity contribution in [2.24, 2.45) is 0 Å². The van der Waals surface area contributed by atoms with Crippen LogP contribution in [0.3, 0.4) is 0 Å². The van der Waals surface area contributed by atoms with Crippen LogP contribution in [0.4, 0.5) is 13.2 Å². The Morgan fingerprint density at radius 2 is 1.85 bits per heavy atom. The summed E-state index contributed by atoms with van der Waals surface area (Å²) in [7, 11) is 1.65. The zero-order valence-electron chi connectivity index (χ0n) is 10.8. The Bertz CT molecular complexity index is 596. The van der Waals surface area contributed by atoms with E-state index in [1.807, 2.05) is 0 Å². The van der Waals surface area contributed by atoms with Gasteiger partial charge in [0.1, 0.15) is 17.5 Å². The lowest BCUT2D eigenvalue weighted by Crippen LogP contribution is -2.21. The minimum absolute atomic E-state index is 0.152. The summed E-state index contributed by atoms with van der Waals surface area (Å²) in [5, 5.41) is 2.94. The number of hydrogen-bond acceptors (Lipinski definition) is 1. The van der Waals surface area contributed by atoms with Crippen LogP contribution in [0.25, 0.3) is 0 Å². The van der Waals surface area contributed by atoms with Crippen molar-refractivity contribution >= 4 is 15.9 Å². The number of rotatable bonds is 4. The molecule has 5 heteroatoms. The number of nitrogens with one attached hydrogen (secondary N) is 1. The molecule has 0 aromatic heterocycles. The molecule has 2 rings (SSSR count). The first kappa shape index (κ1) is 15.1. The fraction of sp³-hybridized carbons (Fsp3) is 0.200. The molecule has 0 saturated carbocycles. The van der Waals surface area contributed by atoms with Crippen LogP contribution in [0.1, 0.15) is 17.2 Å². The van der Waals surface area contributed by atoms with Crippen molar-refractivity contribution in [1.29, 1.82) is 0 Å². The van der Waals surface area contributed by atoms with E-state index < -0.39 is 23.5 Å². The average Bonchev–Trinajstić information content (AvgIpc) is 2.41. The third-order valence-electron chi connectivity index (χ3n) is 3.13. The largest absolute Gasteiger partial charge is 0.313 e. The molecule has 1 atom stereocenters. The topological polar surface area (TPSA) is 12.0 Å². The van der Waals surface area contributed by atoms with Gasteiger partial charge >= 0.3 is 0 Å². The van der Waals surface area contributed by atoms with Crippen molar-refractivity contribution in [2.75, 3.05) is 7.05 Å². The molecule has 0 bridgehead atoms. The summed E-state index contributed by atoms with van der Waals surface area (Å²) in [5.74, 6) is -1.40. The lowest BCUT2D eigenvalue weighted by atomic mass is 9.98. The Kier molecular flexibility index (Phi) is 4.83. The zero-order chi connectivity index (χ0) is 14.7. The highest BCUT2D eigenvalue weighted by Crippen LogP contribution is 2.29. The van der Waals surface area contributed by atoms with Crippen molar-refractivity contribution in [3.8, 4) is 0 Å². The second kappa shape index (κ2) is 6.41. The summed E-state index contributed by atoms with van der Waals surface area (Å²) >= 11 is 3.29. The number of halogens is 4. The molecule has 106 valence electrons. The summed E-state index contributed by atoms with van der Waals surface area (Å²) in [6.45, 7) is 0. The number of likely N-dealkylation sites (N-methyl/N-ethyl adjacent to an activating group) is 1. The predicted molar refractivity (Wildman–Crippen MR) is 76.0 cm³/mol. The molecule has 1 nitrogen and oxygen atoms in total. The molecule has 2 aromatic rings. The Hall–Kier alpha value is -1.33. The molecule has 0 radical (unpaired) electrons. The molecule has 0 spiro atoms. The lowest BCUT2D eigenvalue weighted by molar-refractivity contribution is 0.513. The third kappa shape index (κ3) is 3.22. The summed E-state index contributed by atoms with van der Waals surface area (Å²) in [6, 6.07) is 7.45. The Morgan fingerprint density at radius 1 is 1.10 bits per heavy atom. The molecule has 1 unspecified atom stereocenters. The molecule has 0 heterocycles. The predicted octanol–water partition coefficient (Wildman–Crippen LogP) is 4.37. The molecule has 0 saturated heterocycles. The van der Waals surface area contributed by atoms with E-state index in [0.29, 0.717) is 10.0 Å². The summed E-state index contributed by atoms with van der Waals surface area (Å²) < 4.78 is 41.4. The van der Waals surface area contributed by atoms with Crippen LogP contribution in [-0.2, 0) is 6.42 Å². The van der Waals surface area contributed by atoms with Crippen LogP contribution in [0.15, 0.2) is 40.9 Å². The molecule has 0 aliphatic rings. The summed E-state index contributed by atoms with van der Waals surface area (Å²) in [4.78, 5) is 0. The van der Waals surface area contributed by atoms with Crippen LogP contribution in [0, 0.1) is 17.5 Å². The van der Waals surface area contributed by atoms with E-state index in [2.05, 4.69) is 21.2 Å². The second-order valence-electron chi connectivity index (χ2n) is 4.42. The maximum absolute atomic E-state index is 13.9. The van der Waals surface area contributed by atoms with Gasteiger partial charge in [-0.3, -0.25) is 0 Å². The normalized spacial score (nSPS) is 12.4. The van der Waals surface area contributed by atoms with Crippen molar-refractivity contribution in [2.45, 2.75) is 12.5 Å². The number of benzene rings is 2. The van der Waals surface area contributed by atoms with Crippen molar-refractivity contribution in [1.82, 2.24) is 5.32 Å². The van der Waals surface area contributed by atoms with E-state index in [-0.39, 0.29) is 12.0 Å². The molecular weight excluding hydrogens is 331 g/mol. The quantitative estimate of drug-likeness (QED) is 0.869. The van der Waals surface area contributed by atoms with Gasteiger partial charge in [-0.1, -0.05) is 22.0 Å². The maximum Gasteiger partial charge on any atom is 0.129 e. The standard InChI is InChI=1S/C15H13BrF3N/c1-20-14(15-11(16)3-2-4-13(15)19)8-9-7-10(17)5-6-12(9)18/h2-7,14,20H,8H2,1H3. The fourth-order valence-electron chi connectivity index (χ4n) is 2.11. The van der Waals surface area contributed by atoms with Gasteiger partial charge in [-0.2, -0.15) is 0 Å². The van der Waals surface area contributed by atoms with Gasteiger partial charge in [0.2, 0.25) is 0 Å². The number of hydrogen-bond donors (Lipinski definition) is 1. The highest BCUT2D eigenvalue weighted by molar-refractivity contribution is 9.10. The Labute approximate surface area is 123 Å². The van der Waals surface area contributed by atoms with Gasteiger partial charge in [-0.25, -0.2) is 13.2 Å². The first-order valence-electron chi connectivity index (χ1n) is 6.08. The molecule has 0 aliphatic carbocycles. The third-order valence-corrected chi connectivity index (χ3v) is 3.82. The van der Waals surface area contributed by atoms with Crippen LogP contribution >= 0.6 is 15.9 Å². The van der Waals surface area contributed by atoms with E-state index in [1.54, 1.807) is 19.2 Å². The monoisotopic (exact) mass is 343 g/mol. The van der Waals surface area contributed by atoms with Gasteiger partial charge in [0.25, 0.3) is 0 Å². The van der Waals surface area contributed by atoms with Gasteiger partial charge in [0.05, 0.1) is 0 Å². The van der Waals surface area contributed by atoms with Crippen LogP contribution in [-0.4, -0.2) is 7.05 Å². The van der Waals surface area contributed by atoms with Gasteiger partial charge in [-0.05, 0) is 49.4 Å². The lowest BCUT2D eigenvalue weighted by Gasteiger charge is -2.19. The van der Waals surface area contributed by atoms with E-state index >= 15 is 0 Å². The molecular formula is C15H13BrF3N. The smallest absolute Gasteiger partial charge is 0.129 e. The van der Waals surface area contributed by atoms with Gasteiger partial charge in [0, 0.05) is 16.1 Å². The SMILES string of the molecule is CNC(Cc1cc(F)ccc1F)c1c(F)cccc1Br. The summed E-state index contributed by atoms with van der Waals surface area (Å²) in [5.41, 5.74) is 0.609. The van der Waals surface area contributed by atoms with Crippen LogP contribution < -0.4 is 5.32 Å². The molecule has 2 aromatic carbocycles. The first-order valence-corrected chi connectivity index (χ1v) is 6.87. The summed E-state index contributed by atoms with van der Waals surface area (Å²) in [6.07, 6.45) is 0.152. The van der Waals surface area contributed by atoms with Crippen molar-refractivity contribution in [3.05, 3.63) is 69.4 Å². The average molecular weight is 344 g/mol. The van der Waals surface area contributed by atoms with E-state index in [0.717, 1.165) is 18.2 Å². The van der Waals surface area contributed by atoms with Crippen molar-refractivity contribution in [3.63, 3.8) is 0 Å². The molecule has 1 N–H and O–H groups in total.